The number of aliphatic imine (C=N–C) groups is 1. The van der Waals surface area contributed by atoms with Crippen molar-refractivity contribution < 1.29 is 18.0 Å². The Morgan fingerprint density at radius 1 is 1.31 bits per heavy atom. The lowest BCUT2D eigenvalue weighted by atomic mass is 9.78. The minimum absolute atomic E-state index is 0.115. The third-order valence-electron chi connectivity index (χ3n) is 7.35. The smallest absolute Gasteiger partial charge is 0.370 e. The fourth-order valence-electron chi connectivity index (χ4n) is 5.19. The molecule has 7 nitrogen and oxygen atoms in total. The first kappa shape index (κ1) is 26.5. The number of hydrogen-bond acceptors (Lipinski definition) is 5. The number of pyridine rings is 1. The van der Waals surface area contributed by atoms with Crippen LogP contribution in [0.1, 0.15) is 39.0 Å². The number of amidine groups is 1. The molecule has 3 fully saturated rings. The van der Waals surface area contributed by atoms with E-state index in [1.165, 1.54) is 6.20 Å². The van der Waals surface area contributed by atoms with Gasteiger partial charge in [-0.25, -0.2) is 4.99 Å². The molecule has 0 saturated carbocycles. The quantitative estimate of drug-likeness (QED) is 0.326. The summed E-state index contributed by atoms with van der Waals surface area (Å²) >= 11 is 6.31. The molecule has 0 aromatic carbocycles. The SMILES string of the molecule is C=C(/C(Cl)=C\N=C(C)Nc1cncc(N2CCC3(CCNCC3)C2=O)c1)N1CCC[C@@H](C(F)(F)F)C1. The van der Waals surface area contributed by atoms with E-state index in [0.717, 1.165) is 38.0 Å². The number of nitrogens with zero attached hydrogens (tertiary/aromatic N) is 4. The van der Waals surface area contributed by atoms with Gasteiger partial charge in [-0.3, -0.25) is 9.78 Å². The highest BCUT2D eigenvalue weighted by Gasteiger charge is 2.47. The number of anilines is 2. The van der Waals surface area contributed by atoms with Crippen LogP contribution in [-0.2, 0) is 4.79 Å². The summed E-state index contributed by atoms with van der Waals surface area (Å²) in [6.07, 6.45) is 3.57. The molecule has 1 amide bonds. The van der Waals surface area contributed by atoms with Gasteiger partial charge in [-0.1, -0.05) is 18.2 Å². The van der Waals surface area contributed by atoms with Crippen molar-refractivity contribution in [3.63, 3.8) is 0 Å². The van der Waals surface area contributed by atoms with Gasteiger partial charge in [0.05, 0.1) is 40.1 Å². The van der Waals surface area contributed by atoms with E-state index in [1.54, 1.807) is 24.2 Å². The Morgan fingerprint density at radius 3 is 2.78 bits per heavy atom. The van der Waals surface area contributed by atoms with E-state index < -0.39 is 12.1 Å². The van der Waals surface area contributed by atoms with Crippen LogP contribution in [0, 0.1) is 11.3 Å². The Labute approximate surface area is 214 Å². The lowest BCUT2D eigenvalue weighted by Crippen LogP contribution is -2.42. The second kappa shape index (κ2) is 10.8. The molecule has 0 aliphatic carbocycles. The average molecular weight is 525 g/mol. The molecule has 0 radical (unpaired) electrons. The van der Waals surface area contributed by atoms with Gasteiger partial charge in [0, 0.05) is 31.5 Å². The summed E-state index contributed by atoms with van der Waals surface area (Å²) in [4.78, 5) is 25.1. The minimum Gasteiger partial charge on any atom is -0.370 e. The Bertz CT molecular complexity index is 1050. The van der Waals surface area contributed by atoms with E-state index in [1.807, 2.05) is 11.0 Å². The molecule has 3 saturated heterocycles. The number of piperidine rings is 2. The Kier molecular flexibility index (Phi) is 7.94. The van der Waals surface area contributed by atoms with Crippen LogP contribution < -0.4 is 15.5 Å². The minimum atomic E-state index is -4.23. The molecule has 1 aromatic heterocycles. The molecule has 0 unspecified atom stereocenters. The number of alkyl halides is 3. The maximum Gasteiger partial charge on any atom is 0.393 e. The number of nitrogens with one attached hydrogen (secondary N) is 2. The highest BCUT2D eigenvalue weighted by Crippen LogP contribution is 2.42. The van der Waals surface area contributed by atoms with Gasteiger partial charge < -0.3 is 20.4 Å². The maximum atomic E-state index is 13.2. The van der Waals surface area contributed by atoms with E-state index in [9.17, 15) is 18.0 Å². The zero-order valence-corrected chi connectivity index (χ0v) is 21.1. The second-order valence-electron chi connectivity index (χ2n) is 9.76. The third-order valence-corrected chi connectivity index (χ3v) is 7.66. The van der Waals surface area contributed by atoms with Crippen LogP contribution in [0.25, 0.3) is 0 Å². The van der Waals surface area contributed by atoms with Crippen LogP contribution in [0.4, 0.5) is 24.5 Å². The fraction of sp³-hybridized carbons (Fsp3) is 0.560. The molecule has 4 heterocycles. The van der Waals surface area contributed by atoms with Gasteiger partial charge in [-0.15, -0.1) is 0 Å². The number of carbonyl (C=O) groups is 1. The molecule has 0 bridgehead atoms. The predicted molar refractivity (Wildman–Crippen MR) is 136 cm³/mol. The van der Waals surface area contributed by atoms with Gasteiger partial charge in [-0.05, 0) is 58.2 Å². The van der Waals surface area contributed by atoms with Crippen molar-refractivity contribution in [3.8, 4) is 0 Å². The van der Waals surface area contributed by atoms with E-state index in [0.29, 0.717) is 36.7 Å². The van der Waals surface area contributed by atoms with Crippen molar-refractivity contribution in [1.82, 2.24) is 15.2 Å². The summed E-state index contributed by atoms with van der Waals surface area (Å²) in [7, 11) is 0. The van der Waals surface area contributed by atoms with Gasteiger partial charge in [-0.2, -0.15) is 13.2 Å². The van der Waals surface area contributed by atoms with Crippen molar-refractivity contribution in [2.24, 2.45) is 16.3 Å². The highest BCUT2D eigenvalue weighted by atomic mass is 35.5. The first-order valence-electron chi connectivity index (χ1n) is 12.2. The van der Waals surface area contributed by atoms with Crippen LogP contribution in [0.2, 0.25) is 0 Å². The largest absolute Gasteiger partial charge is 0.393 e. The average Bonchev–Trinajstić information content (AvgIpc) is 3.17. The molecule has 1 atom stereocenters. The van der Waals surface area contributed by atoms with Crippen LogP contribution >= 0.6 is 11.6 Å². The number of halogens is 4. The van der Waals surface area contributed by atoms with Crippen molar-refractivity contribution >= 4 is 34.7 Å². The monoisotopic (exact) mass is 524 g/mol. The topological polar surface area (TPSA) is 72.9 Å². The summed E-state index contributed by atoms with van der Waals surface area (Å²) in [5.41, 5.74) is 1.45. The highest BCUT2D eigenvalue weighted by molar-refractivity contribution is 6.31. The fourth-order valence-corrected chi connectivity index (χ4v) is 5.36. The van der Waals surface area contributed by atoms with Gasteiger partial charge in [0.2, 0.25) is 5.91 Å². The third kappa shape index (κ3) is 5.86. The number of hydrogen-bond donors (Lipinski definition) is 2. The summed E-state index contributed by atoms with van der Waals surface area (Å²) < 4.78 is 39.4. The second-order valence-corrected chi connectivity index (χ2v) is 10.2. The zero-order chi connectivity index (χ0) is 25.9. The van der Waals surface area contributed by atoms with E-state index >= 15 is 0 Å². The summed E-state index contributed by atoms with van der Waals surface area (Å²) in [5, 5.41) is 6.64. The predicted octanol–water partition coefficient (Wildman–Crippen LogP) is 4.89. The molecule has 2 N–H and O–H groups in total. The molecular weight excluding hydrogens is 493 g/mol. The Morgan fingerprint density at radius 2 is 2.06 bits per heavy atom. The molecule has 1 aromatic rings. The summed E-state index contributed by atoms with van der Waals surface area (Å²) in [5.74, 6) is -0.715. The molecule has 4 rings (SSSR count). The van der Waals surface area contributed by atoms with Crippen LogP contribution in [0.5, 0.6) is 0 Å². The maximum absolute atomic E-state index is 13.2. The molecule has 1 spiro atoms. The van der Waals surface area contributed by atoms with E-state index in [-0.39, 0.29) is 29.3 Å². The van der Waals surface area contributed by atoms with Gasteiger partial charge >= 0.3 is 6.18 Å². The van der Waals surface area contributed by atoms with Crippen molar-refractivity contribution in [2.75, 3.05) is 42.9 Å². The normalized spacial score (nSPS) is 23.4. The van der Waals surface area contributed by atoms with Gasteiger partial charge in [0.25, 0.3) is 0 Å². The zero-order valence-electron chi connectivity index (χ0n) is 20.4. The van der Waals surface area contributed by atoms with E-state index in [2.05, 4.69) is 27.2 Å². The number of aromatic nitrogens is 1. The number of carbonyl (C=O) groups excluding carboxylic acids is 1. The first-order chi connectivity index (χ1) is 17.1. The molecule has 36 heavy (non-hydrogen) atoms. The van der Waals surface area contributed by atoms with Gasteiger partial charge in [0.15, 0.2) is 0 Å². The lowest BCUT2D eigenvalue weighted by molar-refractivity contribution is -0.184. The number of likely N-dealkylation sites (tertiary alicyclic amines) is 1. The van der Waals surface area contributed by atoms with Crippen LogP contribution in [0.15, 0.2) is 47.0 Å². The standard InChI is InChI=1S/C25H32ClF3N6O/c1-17(34-10-3-4-19(16-34)25(27,28)29)22(26)15-32-18(2)33-20-12-21(14-31-13-20)35-11-7-24(23(35)36)5-8-30-9-6-24/h12-15,19,30H,1,3-11,16H2,2H3,(H,32,33)/b22-15+/t19-/m1/s1. The van der Waals surface area contributed by atoms with Crippen LogP contribution in [0.3, 0.4) is 0 Å². The number of amides is 1. The van der Waals surface area contributed by atoms with Crippen LogP contribution in [-0.4, -0.2) is 60.5 Å². The van der Waals surface area contributed by atoms with Crippen molar-refractivity contribution in [1.29, 1.82) is 0 Å². The number of rotatable bonds is 5. The molecule has 3 aliphatic rings. The Hall–Kier alpha value is -2.59. The van der Waals surface area contributed by atoms with Crippen molar-refractivity contribution in [3.05, 3.63) is 42.0 Å². The number of allylic oxidation sites excluding steroid dienone is 1. The molecule has 196 valence electrons. The summed E-state index contributed by atoms with van der Waals surface area (Å²) in [6.45, 7) is 8.32. The van der Waals surface area contributed by atoms with Crippen molar-refractivity contribution in [2.45, 2.75) is 45.2 Å². The summed E-state index contributed by atoms with van der Waals surface area (Å²) in [6, 6.07) is 1.86. The molecular formula is C25H32ClF3N6O. The lowest BCUT2D eigenvalue weighted by Gasteiger charge is -2.36. The van der Waals surface area contributed by atoms with Gasteiger partial charge in [0.1, 0.15) is 5.84 Å². The Balaban J connectivity index is 1.38. The molecule has 3 aliphatic heterocycles. The molecule has 11 heteroatoms. The van der Waals surface area contributed by atoms with E-state index in [4.69, 9.17) is 11.6 Å². The first-order valence-corrected chi connectivity index (χ1v) is 12.6.